The number of hydrogen-bond donors (Lipinski definition) is 0. The van der Waals surface area contributed by atoms with Gasteiger partial charge in [-0.15, -0.1) is 0 Å². The number of carbonyl (C=O) groups is 3. The molecule has 0 N–H and O–H groups in total. The van der Waals surface area contributed by atoms with Gasteiger partial charge in [0.1, 0.15) is 0 Å². The Morgan fingerprint density at radius 1 is 1.00 bits per heavy atom. The van der Waals surface area contributed by atoms with E-state index in [1.807, 2.05) is 0 Å². The Bertz CT molecular complexity index is 764. The molecule has 1 fully saturated rings. The molecule has 0 aromatic heterocycles. The molecular formula is C17H19NO10. The highest BCUT2D eigenvalue weighted by Crippen LogP contribution is 2.31. The molecule has 0 unspecified atom stereocenters. The molecule has 152 valence electrons. The lowest BCUT2D eigenvalue weighted by Gasteiger charge is -2.39. The van der Waals surface area contributed by atoms with Crippen molar-refractivity contribution in [2.45, 2.75) is 45.4 Å². The van der Waals surface area contributed by atoms with Crippen LogP contribution in [-0.4, -0.2) is 54.0 Å². The maximum absolute atomic E-state index is 11.6. The Morgan fingerprint density at radius 3 is 2.14 bits per heavy atom. The third-order valence-corrected chi connectivity index (χ3v) is 3.61. The first-order valence-electron chi connectivity index (χ1n) is 8.22. The number of nitro groups is 1. The number of nitro benzene ring substituents is 1. The Labute approximate surface area is 159 Å². The first-order chi connectivity index (χ1) is 13.2. The van der Waals surface area contributed by atoms with Crippen LogP contribution in [0.25, 0.3) is 0 Å². The number of esters is 3. The van der Waals surface area contributed by atoms with Crippen molar-refractivity contribution >= 4 is 23.6 Å². The molecule has 0 saturated carbocycles. The average Bonchev–Trinajstić information content (AvgIpc) is 2.59. The lowest BCUT2D eigenvalue weighted by Crippen LogP contribution is -2.59. The number of benzene rings is 1. The van der Waals surface area contributed by atoms with Crippen LogP contribution >= 0.6 is 0 Å². The maximum Gasteiger partial charge on any atom is 0.311 e. The van der Waals surface area contributed by atoms with Gasteiger partial charge in [-0.05, 0) is 6.07 Å². The monoisotopic (exact) mass is 397 g/mol. The van der Waals surface area contributed by atoms with E-state index in [0.29, 0.717) is 0 Å². The average molecular weight is 397 g/mol. The van der Waals surface area contributed by atoms with Crippen molar-refractivity contribution in [1.29, 1.82) is 0 Å². The summed E-state index contributed by atoms with van der Waals surface area (Å²) in [5.74, 6) is -2.26. The van der Waals surface area contributed by atoms with Crippen LogP contribution in [0.5, 0.6) is 5.75 Å². The van der Waals surface area contributed by atoms with Gasteiger partial charge >= 0.3 is 23.6 Å². The lowest BCUT2D eigenvalue weighted by molar-refractivity contribution is -0.386. The fourth-order valence-electron chi connectivity index (χ4n) is 2.64. The highest BCUT2D eigenvalue weighted by molar-refractivity contribution is 5.68. The summed E-state index contributed by atoms with van der Waals surface area (Å²) in [5, 5.41) is 11.2. The zero-order valence-corrected chi connectivity index (χ0v) is 15.4. The van der Waals surface area contributed by atoms with E-state index in [1.165, 1.54) is 24.3 Å². The molecule has 0 radical (unpaired) electrons. The summed E-state index contributed by atoms with van der Waals surface area (Å²) < 4.78 is 26.5. The van der Waals surface area contributed by atoms with Gasteiger partial charge in [-0.2, -0.15) is 0 Å². The van der Waals surface area contributed by atoms with E-state index >= 15 is 0 Å². The highest BCUT2D eigenvalue weighted by atomic mass is 16.7. The van der Waals surface area contributed by atoms with Gasteiger partial charge in [0, 0.05) is 26.8 Å². The van der Waals surface area contributed by atoms with Gasteiger partial charge in [-0.3, -0.25) is 24.5 Å². The van der Waals surface area contributed by atoms with Crippen LogP contribution < -0.4 is 4.74 Å². The van der Waals surface area contributed by atoms with Crippen molar-refractivity contribution in [3.05, 3.63) is 34.4 Å². The summed E-state index contributed by atoms with van der Waals surface area (Å²) in [6.45, 7) is 3.15. The summed E-state index contributed by atoms with van der Waals surface area (Å²) in [6.07, 6.45) is -4.97. The summed E-state index contributed by atoms with van der Waals surface area (Å²) in [5.41, 5.74) is -0.334. The lowest BCUT2D eigenvalue weighted by atomic mass is 10.0. The summed E-state index contributed by atoms with van der Waals surface area (Å²) in [4.78, 5) is 44.9. The van der Waals surface area contributed by atoms with Crippen LogP contribution in [0.15, 0.2) is 24.3 Å². The number of hydrogen-bond acceptors (Lipinski definition) is 10. The third-order valence-electron chi connectivity index (χ3n) is 3.61. The molecule has 0 aliphatic carbocycles. The van der Waals surface area contributed by atoms with Crippen molar-refractivity contribution in [3.8, 4) is 5.75 Å². The molecule has 1 heterocycles. The molecular weight excluding hydrogens is 378 g/mol. The standard InChI is InChI=1S/C17H19NO10/c1-9(19)25-14-8-24-17(16(27-11(3)21)15(14)26-10(2)20)28-13-7-5-4-6-12(13)18(22)23/h4-7,14-17H,8H2,1-3H3/t14-,15+,16+,17+/m0/s1. The predicted octanol–water partition coefficient (Wildman–Crippen LogP) is 1.12. The Morgan fingerprint density at radius 2 is 1.57 bits per heavy atom. The quantitative estimate of drug-likeness (QED) is 0.297. The third kappa shape index (κ3) is 5.39. The molecule has 0 amide bonds. The van der Waals surface area contributed by atoms with Crippen LogP contribution in [0.2, 0.25) is 0 Å². The number of nitrogens with zero attached hydrogens (tertiary/aromatic N) is 1. The zero-order valence-electron chi connectivity index (χ0n) is 15.4. The van der Waals surface area contributed by atoms with Gasteiger partial charge in [-0.1, -0.05) is 12.1 Å². The Balaban J connectivity index is 2.34. The number of carbonyl (C=O) groups excluding carboxylic acids is 3. The fraction of sp³-hybridized carbons (Fsp3) is 0.471. The predicted molar refractivity (Wildman–Crippen MR) is 90.1 cm³/mol. The van der Waals surface area contributed by atoms with E-state index in [2.05, 4.69) is 0 Å². The summed E-state index contributed by atoms with van der Waals surface area (Å²) in [7, 11) is 0. The molecule has 11 heteroatoms. The molecule has 2 rings (SSSR count). The molecule has 1 aromatic carbocycles. The van der Waals surface area contributed by atoms with Gasteiger partial charge < -0.3 is 23.7 Å². The van der Waals surface area contributed by atoms with Gasteiger partial charge in [-0.25, -0.2) is 0 Å². The summed E-state index contributed by atoms with van der Waals surface area (Å²) >= 11 is 0. The highest BCUT2D eigenvalue weighted by Gasteiger charge is 2.48. The van der Waals surface area contributed by atoms with Gasteiger partial charge in [0.25, 0.3) is 0 Å². The zero-order chi connectivity index (χ0) is 20.8. The van der Waals surface area contributed by atoms with E-state index in [1.54, 1.807) is 0 Å². The van der Waals surface area contributed by atoms with Gasteiger partial charge in [0.15, 0.2) is 18.0 Å². The normalized spacial score (nSPS) is 24.0. The van der Waals surface area contributed by atoms with Crippen LogP contribution in [0.1, 0.15) is 20.8 Å². The molecule has 1 aliphatic rings. The Hall–Kier alpha value is -3.21. The second-order valence-corrected chi connectivity index (χ2v) is 5.84. The van der Waals surface area contributed by atoms with Crippen molar-refractivity contribution in [3.63, 3.8) is 0 Å². The molecule has 0 spiro atoms. The minimum Gasteiger partial charge on any atom is -0.456 e. The van der Waals surface area contributed by atoms with Crippen molar-refractivity contribution in [1.82, 2.24) is 0 Å². The molecule has 1 saturated heterocycles. The second-order valence-electron chi connectivity index (χ2n) is 5.84. The van der Waals surface area contributed by atoms with E-state index in [9.17, 15) is 24.5 Å². The van der Waals surface area contributed by atoms with Crippen molar-refractivity contribution < 1.29 is 43.0 Å². The molecule has 4 atom stereocenters. The van der Waals surface area contributed by atoms with Crippen LogP contribution in [0.3, 0.4) is 0 Å². The SMILES string of the molecule is CC(=O)O[C@H]1[C@@H](Oc2ccccc2[N+](=O)[O-])OC[C@H](OC(C)=O)[C@H]1OC(C)=O. The molecule has 28 heavy (non-hydrogen) atoms. The number of rotatable bonds is 6. The molecule has 11 nitrogen and oxygen atoms in total. The molecule has 1 aliphatic heterocycles. The first kappa shape index (κ1) is 21.1. The number of ether oxygens (including phenoxy) is 5. The van der Waals surface area contributed by atoms with Crippen LogP contribution in [0, 0.1) is 10.1 Å². The van der Waals surface area contributed by atoms with Crippen molar-refractivity contribution in [2.75, 3.05) is 6.61 Å². The maximum atomic E-state index is 11.6. The Kier molecular flexibility index (Phi) is 6.88. The van der Waals surface area contributed by atoms with Crippen LogP contribution in [-0.2, 0) is 33.3 Å². The fourth-order valence-corrected chi connectivity index (χ4v) is 2.64. The van der Waals surface area contributed by atoms with Crippen LogP contribution in [0.4, 0.5) is 5.69 Å². The minimum absolute atomic E-state index is 0.137. The van der Waals surface area contributed by atoms with E-state index in [-0.39, 0.29) is 18.0 Å². The largest absolute Gasteiger partial charge is 0.456 e. The molecule has 0 bridgehead atoms. The van der Waals surface area contributed by atoms with E-state index < -0.39 is 47.4 Å². The van der Waals surface area contributed by atoms with Gasteiger partial charge in [0.05, 0.1) is 11.5 Å². The minimum atomic E-state index is -1.35. The first-order valence-corrected chi connectivity index (χ1v) is 8.22. The van der Waals surface area contributed by atoms with Gasteiger partial charge in [0.2, 0.25) is 12.4 Å². The number of para-hydroxylation sites is 2. The van der Waals surface area contributed by atoms with E-state index in [4.69, 9.17) is 23.7 Å². The summed E-state index contributed by atoms with van der Waals surface area (Å²) in [6, 6.07) is 5.53. The van der Waals surface area contributed by atoms with E-state index in [0.717, 1.165) is 20.8 Å². The van der Waals surface area contributed by atoms with Crippen molar-refractivity contribution in [2.24, 2.45) is 0 Å². The topological polar surface area (TPSA) is 141 Å². The smallest absolute Gasteiger partial charge is 0.311 e. The second kappa shape index (κ2) is 9.13. The molecule has 1 aromatic rings.